The molecule has 0 saturated heterocycles. The van der Waals surface area contributed by atoms with Crippen LogP contribution < -0.4 is 20.1 Å². The van der Waals surface area contributed by atoms with Crippen molar-refractivity contribution in [1.29, 1.82) is 0 Å². The maximum Gasteiger partial charge on any atom is 0.234 e. The number of hydrogen-bond donors (Lipinski definition) is 2. The molecule has 0 spiro atoms. The van der Waals surface area contributed by atoms with Crippen molar-refractivity contribution in [2.45, 2.75) is 13.1 Å². The molecule has 0 aromatic heterocycles. The molecule has 0 bridgehead atoms. The molecule has 0 fully saturated rings. The van der Waals surface area contributed by atoms with Crippen LogP contribution in [0.3, 0.4) is 0 Å². The van der Waals surface area contributed by atoms with Crippen LogP contribution >= 0.6 is 0 Å². The van der Waals surface area contributed by atoms with Gasteiger partial charge in [0, 0.05) is 13.1 Å². The zero-order valence-electron chi connectivity index (χ0n) is 13.5. The summed E-state index contributed by atoms with van der Waals surface area (Å²) in [7, 11) is 3.19. The fourth-order valence-corrected chi connectivity index (χ4v) is 2.17. The predicted molar refractivity (Wildman–Crippen MR) is 89.5 cm³/mol. The molecule has 5 heteroatoms. The number of amides is 1. The van der Waals surface area contributed by atoms with Crippen LogP contribution in [0.1, 0.15) is 11.1 Å². The predicted octanol–water partition coefficient (Wildman–Crippen LogP) is 2.11. The van der Waals surface area contributed by atoms with Crippen LogP contribution in [0.5, 0.6) is 11.5 Å². The number of hydrogen-bond acceptors (Lipinski definition) is 4. The molecule has 2 rings (SSSR count). The van der Waals surface area contributed by atoms with Gasteiger partial charge in [-0.05, 0) is 23.3 Å². The van der Waals surface area contributed by atoms with Gasteiger partial charge in [-0.2, -0.15) is 0 Å². The number of carbonyl (C=O) groups is 1. The molecule has 0 aliphatic carbocycles. The summed E-state index contributed by atoms with van der Waals surface area (Å²) in [5, 5.41) is 6.00. The smallest absolute Gasteiger partial charge is 0.234 e. The Labute approximate surface area is 136 Å². The van der Waals surface area contributed by atoms with Gasteiger partial charge in [0.05, 0.1) is 20.8 Å². The number of methoxy groups -OCH3 is 2. The second-order valence-corrected chi connectivity index (χ2v) is 5.06. The molecule has 2 N–H and O–H groups in total. The number of benzene rings is 2. The molecule has 0 unspecified atom stereocenters. The van der Waals surface area contributed by atoms with Crippen molar-refractivity contribution in [1.82, 2.24) is 10.6 Å². The second-order valence-electron chi connectivity index (χ2n) is 5.06. The third-order valence-corrected chi connectivity index (χ3v) is 3.40. The van der Waals surface area contributed by atoms with Crippen molar-refractivity contribution in [2.75, 3.05) is 20.8 Å². The minimum absolute atomic E-state index is 0.0456. The first-order valence-electron chi connectivity index (χ1n) is 7.45. The molecule has 0 aliphatic rings. The van der Waals surface area contributed by atoms with Crippen molar-refractivity contribution >= 4 is 5.91 Å². The zero-order valence-corrected chi connectivity index (χ0v) is 13.5. The highest BCUT2D eigenvalue weighted by Crippen LogP contribution is 2.27. The largest absolute Gasteiger partial charge is 0.493 e. The molecule has 5 nitrogen and oxygen atoms in total. The minimum Gasteiger partial charge on any atom is -0.493 e. The van der Waals surface area contributed by atoms with E-state index in [1.54, 1.807) is 14.2 Å². The van der Waals surface area contributed by atoms with E-state index in [-0.39, 0.29) is 12.5 Å². The van der Waals surface area contributed by atoms with Crippen LogP contribution in [0.25, 0.3) is 0 Å². The third kappa shape index (κ3) is 5.30. The SMILES string of the molecule is COc1ccc(CNC(=O)CNCc2ccccc2)cc1OC. The van der Waals surface area contributed by atoms with E-state index in [1.165, 1.54) is 0 Å². The molecule has 1 amide bonds. The molecule has 0 heterocycles. The van der Waals surface area contributed by atoms with E-state index in [2.05, 4.69) is 10.6 Å². The summed E-state index contributed by atoms with van der Waals surface area (Å²) in [4.78, 5) is 11.9. The van der Waals surface area contributed by atoms with Gasteiger partial charge < -0.3 is 20.1 Å². The minimum atomic E-state index is -0.0456. The number of rotatable bonds is 8. The summed E-state index contributed by atoms with van der Waals surface area (Å²) in [6.07, 6.45) is 0. The number of carbonyl (C=O) groups excluding carboxylic acids is 1. The van der Waals surface area contributed by atoms with E-state index in [1.807, 2.05) is 48.5 Å². The second kappa shape index (κ2) is 8.80. The summed E-state index contributed by atoms with van der Waals surface area (Å²) < 4.78 is 10.4. The van der Waals surface area contributed by atoms with Gasteiger partial charge in [0.25, 0.3) is 0 Å². The molecule has 2 aromatic carbocycles. The van der Waals surface area contributed by atoms with Crippen LogP contribution in [-0.4, -0.2) is 26.7 Å². The Kier molecular flexibility index (Phi) is 6.44. The first-order chi connectivity index (χ1) is 11.2. The van der Waals surface area contributed by atoms with Gasteiger partial charge in [0.1, 0.15) is 0 Å². The lowest BCUT2D eigenvalue weighted by Crippen LogP contribution is -2.33. The Morgan fingerprint density at radius 1 is 0.913 bits per heavy atom. The maximum absolute atomic E-state index is 11.9. The topological polar surface area (TPSA) is 59.6 Å². The third-order valence-electron chi connectivity index (χ3n) is 3.40. The van der Waals surface area contributed by atoms with Crippen LogP contribution in [0.15, 0.2) is 48.5 Å². The Balaban J connectivity index is 1.76. The fraction of sp³-hybridized carbons (Fsp3) is 0.278. The van der Waals surface area contributed by atoms with Crippen molar-refractivity contribution in [3.8, 4) is 11.5 Å². The van der Waals surface area contributed by atoms with E-state index >= 15 is 0 Å². The number of nitrogens with one attached hydrogen (secondary N) is 2. The van der Waals surface area contributed by atoms with E-state index in [4.69, 9.17) is 9.47 Å². The molecule has 23 heavy (non-hydrogen) atoms. The Morgan fingerprint density at radius 2 is 1.65 bits per heavy atom. The van der Waals surface area contributed by atoms with E-state index in [0.29, 0.717) is 24.6 Å². The van der Waals surface area contributed by atoms with Gasteiger partial charge in [-0.1, -0.05) is 36.4 Å². The summed E-state index contributed by atoms with van der Waals surface area (Å²) in [6, 6.07) is 15.6. The molecule has 0 radical (unpaired) electrons. The van der Waals surface area contributed by atoms with Gasteiger partial charge in [-0.3, -0.25) is 4.79 Å². The van der Waals surface area contributed by atoms with Crippen LogP contribution in [0.4, 0.5) is 0 Å². The van der Waals surface area contributed by atoms with Crippen molar-refractivity contribution < 1.29 is 14.3 Å². The highest BCUT2D eigenvalue weighted by molar-refractivity contribution is 5.78. The first-order valence-corrected chi connectivity index (χ1v) is 7.45. The normalized spacial score (nSPS) is 10.2. The van der Waals surface area contributed by atoms with Gasteiger partial charge in [-0.25, -0.2) is 0 Å². The Morgan fingerprint density at radius 3 is 2.35 bits per heavy atom. The average Bonchev–Trinajstić information content (AvgIpc) is 2.60. The lowest BCUT2D eigenvalue weighted by Gasteiger charge is -2.10. The molecular formula is C18H22N2O3. The molecule has 0 saturated carbocycles. The van der Waals surface area contributed by atoms with Gasteiger partial charge in [0.2, 0.25) is 5.91 Å². The Bertz CT molecular complexity index is 629. The van der Waals surface area contributed by atoms with E-state index in [0.717, 1.165) is 11.1 Å². The maximum atomic E-state index is 11.9. The van der Waals surface area contributed by atoms with Gasteiger partial charge in [-0.15, -0.1) is 0 Å². The monoisotopic (exact) mass is 314 g/mol. The average molecular weight is 314 g/mol. The van der Waals surface area contributed by atoms with Crippen molar-refractivity contribution in [3.05, 3.63) is 59.7 Å². The number of ether oxygens (including phenoxy) is 2. The van der Waals surface area contributed by atoms with E-state index in [9.17, 15) is 4.79 Å². The summed E-state index contributed by atoms with van der Waals surface area (Å²) in [5.41, 5.74) is 2.11. The van der Waals surface area contributed by atoms with Crippen LogP contribution in [-0.2, 0) is 17.9 Å². The molecule has 122 valence electrons. The van der Waals surface area contributed by atoms with Crippen LogP contribution in [0.2, 0.25) is 0 Å². The zero-order chi connectivity index (χ0) is 16.5. The molecule has 0 atom stereocenters. The highest BCUT2D eigenvalue weighted by Gasteiger charge is 2.06. The summed E-state index contributed by atoms with van der Waals surface area (Å²) >= 11 is 0. The van der Waals surface area contributed by atoms with Crippen molar-refractivity contribution in [3.63, 3.8) is 0 Å². The molecular weight excluding hydrogens is 292 g/mol. The first kappa shape index (κ1) is 16.8. The Hall–Kier alpha value is -2.53. The fourth-order valence-electron chi connectivity index (χ4n) is 2.17. The summed E-state index contributed by atoms with van der Waals surface area (Å²) in [6.45, 7) is 1.40. The van der Waals surface area contributed by atoms with Gasteiger partial charge >= 0.3 is 0 Å². The van der Waals surface area contributed by atoms with Crippen LogP contribution in [0, 0.1) is 0 Å². The summed E-state index contributed by atoms with van der Waals surface area (Å²) in [5.74, 6) is 1.28. The lowest BCUT2D eigenvalue weighted by atomic mass is 10.2. The standard InChI is InChI=1S/C18H22N2O3/c1-22-16-9-8-15(10-17(16)23-2)12-20-18(21)13-19-11-14-6-4-3-5-7-14/h3-10,19H,11-13H2,1-2H3,(H,20,21). The highest BCUT2D eigenvalue weighted by atomic mass is 16.5. The quantitative estimate of drug-likeness (QED) is 0.783. The van der Waals surface area contributed by atoms with E-state index < -0.39 is 0 Å². The molecule has 2 aromatic rings. The lowest BCUT2D eigenvalue weighted by molar-refractivity contribution is -0.120. The van der Waals surface area contributed by atoms with Crippen molar-refractivity contribution in [2.24, 2.45) is 0 Å². The van der Waals surface area contributed by atoms with Gasteiger partial charge in [0.15, 0.2) is 11.5 Å². The molecule has 0 aliphatic heterocycles.